The highest BCUT2D eigenvalue weighted by Gasteiger charge is 2.32. The second-order valence-corrected chi connectivity index (χ2v) is 6.60. The molecule has 1 aromatic heterocycles. The van der Waals surface area contributed by atoms with Gasteiger partial charge < -0.3 is 19.4 Å². The van der Waals surface area contributed by atoms with E-state index >= 15 is 0 Å². The number of hydrogen-bond acceptors (Lipinski definition) is 6. The molecule has 1 N–H and O–H groups in total. The number of benzene rings is 1. The molecule has 0 aliphatic carbocycles. The van der Waals surface area contributed by atoms with Crippen molar-refractivity contribution in [1.29, 1.82) is 0 Å². The molecule has 2 aromatic rings. The van der Waals surface area contributed by atoms with E-state index < -0.39 is 0 Å². The Morgan fingerprint density at radius 3 is 2.65 bits per heavy atom. The molecule has 1 saturated heterocycles. The summed E-state index contributed by atoms with van der Waals surface area (Å²) in [7, 11) is 6.58. The highest BCUT2D eigenvalue weighted by atomic mass is 16.5. The Labute approximate surface area is 151 Å². The Kier molecular flexibility index (Phi) is 5.13. The van der Waals surface area contributed by atoms with E-state index in [2.05, 4.69) is 14.9 Å². The van der Waals surface area contributed by atoms with Crippen molar-refractivity contribution in [2.75, 3.05) is 34.9 Å². The summed E-state index contributed by atoms with van der Waals surface area (Å²) in [4.78, 5) is 35.9. The van der Waals surface area contributed by atoms with Crippen LogP contribution in [0, 0.1) is 0 Å². The summed E-state index contributed by atoms with van der Waals surface area (Å²) in [6.07, 6.45) is 1.77. The number of nitrogens with one attached hydrogen (secondary N) is 1. The van der Waals surface area contributed by atoms with Crippen molar-refractivity contribution in [3.8, 4) is 11.5 Å². The Morgan fingerprint density at radius 2 is 2.00 bits per heavy atom. The van der Waals surface area contributed by atoms with Gasteiger partial charge in [0.25, 0.3) is 5.56 Å². The Bertz CT molecular complexity index is 877. The van der Waals surface area contributed by atoms with Crippen molar-refractivity contribution >= 4 is 16.8 Å². The SMILES string of the molecule is COc1cc2nc(CN3CCCC3C(=O)N(C)C)[nH]c(=O)c2cc1OC. The van der Waals surface area contributed by atoms with Gasteiger partial charge in [0, 0.05) is 20.2 Å². The predicted octanol–water partition coefficient (Wildman–Crippen LogP) is 0.993. The molecule has 26 heavy (non-hydrogen) atoms. The van der Waals surface area contributed by atoms with Crippen molar-refractivity contribution in [2.24, 2.45) is 0 Å². The zero-order chi connectivity index (χ0) is 18.8. The lowest BCUT2D eigenvalue weighted by molar-refractivity contribution is -0.133. The standard InChI is InChI=1S/C18H24N4O4/c1-21(2)18(24)13-6-5-7-22(13)10-16-19-12-9-15(26-4)14(25-3)8-11(12)17(23)20-16/h8-9,13H,5-7,10H2,1-4H3,(H,19,20,23). The Morgan fingerprint density at radius 1 is 1.31 bits per heavy atom. The maximum Gasteiger partial charge on any atom is 0.258 e. The molecular weight excluding hydrogens is 336 g/mol. The number of methoxy groups -OCH3 is 2. The molecule has 1 unspecified atom stereocenters. The van der Waals surface area contributed by atoms with Crippen molar-refractivity contribution in [3.63, 3.8) is 0 Å². The second kappa shape index (κ2) is 7.33. The average molecular weight is 360 g/mol. The predicted molar refractivity (Wildman–Crippen MR) is 97.6 cm³/mol. The first-order valence-electron chi connectivity index (χ1n) is 8.54. The minimum Gasteiger partial charge on any atom is -0.493 e. The van der Waals surface area contributed by atoms with E-state index in [9.17, 15) is 9.59 Å². The zero-order valence-electron chi connectivity index (χ0n) is 15.5. The number of aromatic nitrogens is 2. The zero-order valence-corrected chi connectivity index (χ0v) is 15.5. The number of hydrogen-bond donors (Lipinski definition) is 1. The molecule has 0 spiro atoms. The quantitative estimate of drug-likeness (QED) is 0.856. The molecule has 1 atom stereocenters. The molecule has 1 fully saturated rings. The van der Waals surface area contributed by atoms with Gasteiger partial charge in [0.05, 0.1) is 37.7 Å². The molecule has 1 amide bonds. The van der Waals surface area contributed by atoms with Gasteiger partial charge in [-0.25, -0.2) is 4.98 Å². The van der Waals surface area contributed by atoms with E-state index in [1.54, 1.807) is 38.2 Å². The number of ether oxygens (including phenoxy) is 2. The van der Waals surface area contributed by atoms with Gasteiger partial charge in [-0.15, -0.1) is 0 Å². The lowest BCUT2D eigenvalue weighted by Gasteiger charge is -2.25. The maximum atomic E-state index is 12.5. The Balaban J connectivity index is 1.93. The summed E-state index contributed by atoms with van der Waals surface area (Å²) in [5, 5.41) is 0.439. The number of fused-ring (bicyclic) bond motifs is 1. The van der Waals surface area contributed by atoms with Crippen LogP contribution in [0.25, 0.3) is 10.9 Å². The van der Waals surface area contributed by atoms with Crippen LogP contribution >= 0.6 is 0 Å². The van der Waals surface area contributed by atoms with E-state index in [4.69, 9.17) is 9.47 Å². The lowest BCUT2D eigenvalue weighted by atomic mass is 10.2. The summed E-state index contributed by atoms with van der Waals surface area (Å²) in [5.74, 6) is 1.62. The number of carbonyl (C=O) groups is 1. The number of rotatable bonds is 5. The molecule has 1 aliphatic rings. The van der Waals surface area contributed by atoms with Crippen molar-refractivity contribution in [2.45, 2.75) is 25.4 Å². The fourth-order valence-electron chi connectivity index (χ4n) is 3.37. The Hall–Kier alpha value is -2.61. The van der Waals surface area contributed by atoms with Crippen LogP contribution in [0.2, 0.25) is 0 Å². The first kappa shape index (κ1) is 18.2. The number of aromatic amines is 1. The molecule has 140 valence electrons. The van der Waals surface area contributed by atoms with Crippen molar-refractivity contribution in [1.82, 2.24) is 19.8 Å². The minimum atomic E-state index is -0.236. The molecule has 0 radical (unpaired) electrons. The second-order valence-electron chi connectivity index (χ2n) is 6.60. The minimum absolute atomic E-state index is 0.0806. The van der Waals surface area contributed by atoms with Gasteiger partial charge in [0.2, 0.25) is 5.91 Å². The first-order valence-corrected chi connectivity index (χ1v) is 8.54. The highest BCUT2D eigenvalue weighted by Crippen LogP contribution is 2.30. The van der Waals surface area contributed by atoms with Gasteiger partial charge >= 0.3 is 0 Å². The van der Waals surface area contributed by atoms with Crippen LogP contribution in [0.15, 0.2) is 16.9 Å². The van der Waals surface area contributed by atoms with Gasteiger partial charge in [-0.05, 0) is 25.5 Å². The number of H-pyrrole nitrogens is 1. The van der Waals surface area contributed by atoms with Crippen LogP contribution in [0.5, 0.6) is 11.5 Å². The summed E-state index contributed by atoms with van der Waals surface area (Å²) >= 11 is 0. The fourth-order valence-corrected chi connectivity index (χ4v) is 3.37. The van der Waals surface area contributed by atoms with Gasteiger partial charge in [0.1, 0.15) is 5.82 Å². The third kappa shape index (κ3) is 3.37. The molecule has 3 rings (SSSR count). The van der Waals surface area contributed by atoms with Gasteiger partial charge in [-0.1, -0.05) is 0 Å². The first-order chi connectivity index (χ1) is 12.4. The van der Waals surface area contributed by atoms with Crippen molar-refractivity contribution in [3.05, 3.63) is 28.3 Å². The van der Waals surface area contributed by atoms with E-state index in [0.29, 0.717) is 34.8 Å². The number of amides is 1. The van der Waals surface area contributed by atoms with Crippen LogP contribution in [-0.2, 0) is 11.3 Å². The molecule has 0 saturated carbocycles. The van der Waals surface area contributed by atoms with Crippen LogP contribution < -0.4 is 15.0 Å². The third-order valence-corrected chi connectivity index (χ3v) is 4.70. The number of nitrogens with zero attached hydrogens (tertiary/aromatic N) is 3. The van der Waals surface area contributed by atoms with E-state index in [0.717, 1.165) is 19.4 Å². The molecule has 1 aliphatic heterocycles. The van der Waals surface area contributed by atoms with E-state index in [1.807, 2.05) is 0 Å². The normalized spacial score (nSPS) is 17.5. The molecule has 2 heterocycles. The van der Waals surface area contributed by atoms with Crippen LogP contribution in [0.1, 0.15) is 18.7 Å². The third-order valence-electron chi connectivity index (χ3n) is 4.70. The fraction of sp³-hybridized carbons (Fsp3) is 0.500. The molecule has 1 aromatic carbocycles. The van der Waals surface area contributed by atoms with Crippen LogP contribution in [0.4, 0.5) is 0 Å². The number of carbonyl (C=O) groups excluding carboxylic acids is 1. The van der Waals surface area contributed by atoms with Gasteiger partial charge in [-0.2, -0.15) is 0 Å². The average Bonchev–Trinajstić information content (AvgIpc) is 3.07. The molecule has 0 bridgehead atoms. The number of likely N-dealkylation sites (tertiary alicyclic amines) is 1. The monoisotopic (exact) mass is 360 g/mol. The van der Waals surface area contributed by atoms with Crippen molar-refractivity contribution < 1.29 is 14.3 Å². The summed E-state index contributed by atoms with van der Waals surface area (Å²) < 4.78 is 10.5. The largest absolute Gasteiger partial charge is 0.493 e. The van der Waals surface area contributed by atoms with Gasteiger partial charge in [0.15, 0.2) is 11.5 Å². The highest BCUT2D eigenvalue weighted by molar-refractivity contribution is 5.82. The summed E-state index contributed by atoms with van der Waals surface area (Å²) in [6.45, 7) is 1.22. The topological polar surface area (TPSA) is 87.8 Å². The smallest absolute Gasteiger partial charge is 0.258 e. The molecule has 8 heteroatoms. The molecule has 8 nitrogen and oxygen atoms in total. The van der Waals surface area contributed by atoms with Gasteiger partial charge in [-0.3, -0.25) is 14.5 Å². The summed E-state index contributed by atoms with van der Waals surface area (Å²) in [6, 6.07) is 3.15. The van der Waals surface area contributed by atoms with E-state index in [-0.39, 0.29) is 17.5 Å². The van der Waals surface area contributed by atoms with E-state index in [1.165, 1.54) is 7.11 Å². The maximum absolute atomic E-state index is 12.5. The number of likely N-dealkylation sites (N-methyl/N-ethyl adjacent to an activating group) is 1. The lowest BCUT2D eigenvalue weighted by Crippen LogP contribution is -2.42. The van der Waals surface area contributed by atoms with Crippen LogP contribution in [-0.4, -0.2) is 66.6 Å². The molecular formula is C18H24N4O4. The summed E-state index contributed by atoms with van der Waals surface area (Å²) in [5.41, 5.74) is 0.303. The van der Waals surface area contributed by atoms with Crippen LogP contribution in [0.3, 0.4) is 0 Å².